The number of ether oxygens (including phenoxy) is 1. The van der Waals surface area contributed by atoms with E-state index in [9.17, 15) is 9.90 Å². The van der Waals surface area contributed by atoms with E-state index in [-0.39, 0.29) is 5.76 Å². The fourth-order valence-corrected chi connectivity index (χ4v) is 4.05. The molecule has 1 atom stereocenters. The average molecular weight is 440 g/mol. The quantitative estimate of drug-likeness (QED) is 0.525. The molecule has 6 heteroatoms. The molecular weight excluding hydrogens is 421 g/mol. The van der Waals surface area contributed by atoms with E-state index in [1.807, 2.05) is 42.5 Å². The van der Waals surface area contributed by atoms with Gasteiger partial charge in [0.15, 0.2) is 5.76 Å². The molecule has 3 aromatic carbocycles. The van der Waals surface area contributed by atoms with Crippen LogP contribution in [0.15, 0.2) is 78.6 Å². The van der Waals surface area contributed by atoms with Crippen LogP contribution in [0.5, 0.6) is 5.75 Å². The number of amides is 1. The molecule has 0 saturated carbocycles. The van der Waals surface area contributed by atoms with Gasteiger partial charge in [-0.3, -0.25) is 4.79 Å². The lowest BCUT2D eigenvalue weighted by molar-refractivity contribution is -0.130. The zero-order valence-corrected chi connectivity index (χ0v) is 17.7. The summed E-state index contributed by atoms with van der Waals surface area (Å²) in [5.41, 5.74) is 2.89. The monoisotopic (exact) mass is 439 g/mol. The standard InChI is InChI=1S/C24H19Cl2NO3/c1-30-18-12-8-16(9-13-18)21-22(19-4-2-3-5-20(19)26)27(24(29)23(21)28)14-15-6-10-17(25)11-7-15/h2-13,22,28H,14H2,1H3/t22-/m0/s1. The summed E-state index contributed by atoms with van der Waals surface area (Å²) in [4.78, 5) is 14.7. The summed E-state index contributed by atoms with van der Waals surface area (Å²) in [7, 11) is 1.59. The number of hydrogen-bond donors (Lipinski definition) is 1. The van der Waals surface area contributed by atoms with Crippen molar-refractivity contribution in [1.29, 1.82) is 0 Å². The number of rotatable bonds is 5. The molecule has 3 aromatic rings. The molecule has 30 heavy (non-hydrogen) atoms. The molecule has 152 valence electrons. The van der Waals surface area contributed by atoms with Crippen molar-refractivity contribution in [2.45, 2.75) is 12.6 Å². The van der Waals surface area contributed by atoms with Crippen LogP contribution in [-0.2, 0) is 11.3 Å². The molecule has 0 bridgehead atoms. The predicted octanol–water partition coefficient (Wildman–Crippen LogP) is 6.05. The molecule has 4 rings (SSSR count). The van der Waals surface area contributed by atoms with Crippen molar-refractivity contribution in [2.24, 2.45) is 0 Å². The third-order valence-electron chi connectivity index (χ3n) is 5.17. The summed E-state index contributed by atoms with van der Waals surface area (Å²) in [6, 6.07) is 21.4. The lowest BCUT2D eigenvalue weighted by Gasteiger charge is -2.28. The van der Waals surface area contributed by atoms with Crippen LogP contribution in [0, 0.1) is 0 Å². The van der Waals surface area contributed by atoms with Gasteiger partial charge in [0.1, 0.15) is 5.75 Å². The highest BCUT2D eigenvalue weighted by molar-refractivity contribution is 6.31. The minimum atomic E-state index is -0.532. The molecule has 1 amide bonds. The average Bonchev–Trinajstić information content (AvgIpc) is 3.00. The van der Waals surface area contributed by atoms with Crippen molar-refractivity contribution < 1.29 is 14.6 Å². The van der Waals surface area contributed by atoms with E-state index < -0.39 is 11.9 Å². The molecule has 1 aliphatic rings. The molecule has 0 aliphatic carbocycles. The van der Waals surface area contributed by atoms with Crippen LogP contribution in [0.25, 0.3) is 5.57 Å². The van der Waals surface area contributed by atoms with E-state index in [1.54, 1.807) is 42.3 Å². The first-order valence-electron chi connectivity index (χ1n) is 9.37. The third-order valence-corrected chi connectivity index (χ3v) is 5.77. The van der Waals surface area contributed by atoms with Gasteiger partial charge in [-0.1, -0.05) is 65.7 Å². The van der Waals surface area contributed by atoms with Gasteiger partial charge in [-0.25, -0.2) is 0 Å². The number of aliphatic hydroxyl groups is 1. The summed E-state index contributed by atoms with van der Waals surface area (Å²) in [5, 5.41) is 12.0. The number of carbonyl (C=O) groups is 1. The first kappa shape index (κ1) is 20.3. The molecule has 4 nitrogen and oxygen atoms in total. The number of benzene rings is 3. The maximum absolute atomic E-state index is 13.1. The van der Waals surface area contributed by atoms with Crippen LogP contribution < -0.4 is 4.74 Å². The first-order chi connectivity index (χ1) is 14.5. The Labute approximate surface area is 184 Å². The molecule has 0 fully saturated rings. The second-order valence-electron chi connectivity index (χ2n) is 6.97. The highest BCUT2D eigenvalue weighted by Gasteiger charge is 2.41. The number of methoxy groups -OCH3 is 1. The maximum atomic E-state index is 13.1. The van der Waals surface area contributed by atoms with Crippen molar-refractivity contribution in [3.8, 4) is 5.75 Å². The minimum absolute atomic E-state index is 0.279. The van der Waals surface area contributed by atoms with Crippen LogP contribution in [-0.4, -0.2) is 23.0 Å². The number of aliphatic hydroxyl groups excluding tert-OH is 1. The lowest BCUT2D eigenvalue weighted by Crippen LogP contribution is -2.30. The molecular formula is C24H19Cl2NO3. The normalized spacial score (nSPS) is 16.3. The summed E-state index contributed by atoms with van der Waals surface area (Å²) in [6.45, 7) is 0.301. The second-order valence-corrected chi connectivity index (χ2v) is 7.82. The van der Waals surface area contributed by atoms with Crippen LogP contribution in [0.3, 0.4) is 0 Å². The van der Waals surface area contributed by atoms with Crippen molar-refractivity contribution in [3.63, 3.8) is 0 Å². The van der Waals surface area contributed by atoms with E-state index in [1.165, 1.54) is 0 Å². The van der Waals surface area contributed by atoms with Gasteiger partial charge in [0.25, 0.3) is 5.91 Å². The van der Waals surface area contributed by atoms with Gasteiger partial charge in [0.2, 0.25) is 0 Å². The van der Waals surface area contributed by atoms with E-state index in [2.05, 4.69) is 0 Å². The summed E-state index contributed by atoms with van der Waals surface area (Å²) in [6.07, 6.45) is 0. The zero-order valence-electron chi connectivity index (χ0n) is 16.2. The van der Waals surface area contributed by atoms with Crippen molar-refractivity contribution in [2.75, 3.05) is 7.11 Å². The number of carbonyl (C=O) groups excluding carboxylic acids is 1. The van der Waals surface area contributed by atoms with Crippen LogP contribution in [0.2, 0.25) is 10.0 Å². The molecule has 0 radical (unpaired) electrons. The van der Waals surface area contributed by atoms with Gasteiger partial charge in [0.05, 0.1) is 13.2 Å². The Hall–Kier alpha value is -2.95. The maximum Gasteiger partial charge on any atom is 0.290 e. The van der Waals surface area contributed by atoms with Crippen molar-refractivity contribution in [3.05, 3.63) is 105 Å². The SMILES string of the molecule is COc1ccc(C2=C(O)C(=O)N(Cc3ccc(Cl)cc3)[C@H]2c2ccccc2Cl)cc1. The number of halogens is 2. The Balaban J connectivity index is 1.81. The van der Waals surface area contributed by atoms with Crippen LogP contribution >= 0.6 is 23.2 Å². The molecule has 1 N–H and O–H groups in total. The first-order valence-corrected chi connectivity index (χ1v) is 10.1. The summed E-state index contributed by atoms with van der Waals surface area (Å²) < 4.78 is 5.23. The van der Waals surface area contributed by atoms with Gasteiger partial charge < -0.3 is 14.7 Å². The second kappa shape index (κ2) is 8.42. The smallest absolute Gasteiger partial charge is 0.290 e. The van der Waals surface area contributed by atoms with E-state index in [0.29, 0.717) is 27.9 Å². The largest absolute Gasteiger partial charge is 0.503 e. The van der Waals surface area contributed by atoms with Crippen molar-refractivity contribution >= 4 is 34.7 Å². The summed E-state index contributed by atoms with van der Waals surface area (Å²) >= 11 is 12.5. The van der Waals surface area contributed by atoms with Crippen LogP contribution in [0.1, 0.15) is 22.7 Å². The zero-order chi connectivity index (χ0) is 21.3. The number of hydrogen-bond acceptors (Lipinski definition) is 3. The Bertz CT molecular complexity index is 1110. The molecule has 0 unspecified atom stereocenters. The predicted molar refractivity (Wildman–Crippen MR) is 119 cm³/mol. The Morgan fingerprint density at radius 2 is 1.63 bits per heavy atom. The molecule has 0 spiro atoms. The van der Waals surface area contributed by atoms with Gasteiger partial charge in [-0.05, 0) is 47.0 Å². The third kappa shape index (κ3) is 3.76. The van der Waals surface area contributed by atoms with E-state index in [4.69, 9.17) is 27.9 Å². The fraction of sp³-hybridized carbons (Fsp3) is 0.125. The molecule has 0 aromatic heterocycles. The molecule has 0 saturated heterocycles. The highest BCUT2D eigenvalue weighted by Crippen LogP contribution is 2.45. The van der Waals surface area contributed by atoms with Gasteiger partial charge in [-0.2, -0.15) is 0 Å². The molecule has 1 aliphatic heterocycles. The van der Waals surface area contributed by atoms with Crippen molar-refractivity contribution in [1.82, 2.24) is 4.90 Å². The Kier molecular flexibility index (Phi) is 5.71. The van der Waals surface area contributed by atoms with Gasteiger partial charge in [0, 0.05) is 22.2 Å². The van der Waals surface area contributed by atoms with E-state index in [0.717, 1.165) is 16.7 Å². The Morgan fingerprint density at radius 3 is 2.27 bits per heavy atom. The molecule has 1 heterocycles. The van der Waals surface area contributed by atoms with Gasteiger partial charge >= 0.3 is 0 Å². The summed E-state index contributed by atoms with van der Waals surface area (Å²) in [5.74, 6) is -0.0322. The highest BCUT2D eigenvalue weighted by atomic mass is 35.5. The fourth-order valence-electron chi connectivity index (χ4n) is 3.69. The number of nitrogens with zero attached hydrogens (tertiary/aromatic N) is 1. The van der Waals surface area contributed by atoms with Crippen LogP contribution in [0.4, 0.5) is 0 Å². The minimum Gasteiger partial charge on any atom is -0.503 e. The topological polar surface area (TPSA) is 49.8 Å². The Morgan fingerprint density at radius 1 is 0.967 bits per heavy atom. The van der Waals surface area contributed by atoms with Gasteiger partial charge in [-0.15, -0.1) is 0 Å². The lowest BCUT2D eigenvalue weighted by atomic mass is 9.93. The van der Waals surface area contributed by atoms with E-state index >= 15 is 0 Å².